The normalized spacial score (nSPS) is 11.5. The maximum Gasteiger partial charge on any atom is 0.143 e. The molecule has 0 atom stereocenters. The van der Waals surface area contributed by atoms with Gasteiger partial charge in [0.2, 0.25) is 0 Å². The van der Waals surface area contributed by atoms with Crippen LogP contribution in [-0.4, -0.2) is 4.57 Å². The fraction of sp³-hybridized carbons (Fsp3) is 0. The Balaban J connectivity index is 1.15. The third-order valence-electron chi connectivity index (χ3n) is 12.4. The van der Waals surface area contributed by atoms with Crippen molar-refractivity contribution in [1.29, 1.82) is 0 Å². The van der Waals surface area contributed by atoms with Crippen molar-refractivity contribution in [2.24, 2.45) is 0 Å². The van der Waals surface area contributed by atoms with Gasteiger partial charge in [0.15, 0.2) is 0 Å². The van der Waals surface area contributed by atoms with Gasteiger partial charge in [-0.25, -0.2) is 0 Å². The Morgan fingerprint density at radius 1 is 0.317 bits per heavy atom. The lowest BCUT2D eigenvalue weighted by atomic mass is 9.95. The van der Waals surface area contributed by atoms with Gasteiger partial charge in [-0.1, -0.05) is 182 Å². The molecular formula is C60H40N2O. The highest BCUT2D eigenvalue weighted by Gasteiger charge is 2.24. The van der Waals surface area contributed by atoms with E-state index in [1.54, 1.807) is 0 Å². The van der Waals surface area contributed by atoms with Crippen LogP contribution in [0.15, 0.2) is 247 Å². The first-order valence-corrected chi connectivity index (χ1v) is 21.5. The number of aromatic nitrogens is 1. The standard InChI is InChI=1S/C60H40N2O/c1-4-18-41(19-5-1)43-32-35-46(36-33-43)61(58-37-34-45(42-20-6-2-7-21-42)38-52(58)44-22-8-3-9-23-44)47-39-53(60-54(40-47)51-27-13-17-31-59(51)63-60)50-26-12-16-30-57(50)62-55-28-14-10-24-48(55)49-25-11-15-29-56(49)62/h1-40H. The molecule has 0 bridgehead atoms. The molecule has 0 saturated carbocycles. The molecule has 0 radical (unpaired) electrons. The van der Waals surface area contributed by atoms with E-state index in [1.165, 1.54) is 27.5 Å². The second kappa shape index (κ2) is 15.3. The lowest BCUT2D eigenvalue weighted by Gasteiger charge is -2.29. The molecule has 12 rings (SSSR count). The Labute approximate surface area is 366 Å². The van der Waals surface area contributed by atoms with Crippen molar-refractivity contribution in [3.8, 4) is 50.2 Å². The molecule has 0 aliphatic carbocycles. The van der Waals surface area contributed by atoms with Crippen molar-refractivity contribution in [3.05, 3.63) is 243 Å². The summed E-state index contributed by atoms with van der Waals surface area (Å²) in [5.41, 5.74) is 17.3. The number of hydrogen-bond acceptors (Lipinski definition) is 2. The zero-order chi connectivity index (χ0) is 41.7. The van der Waals surface area contributed by atoms with Gasteiger partial charge in [-0.2, -0.15) is 0 Å². The summed E-state index contributed by atoms with van der Waals surface area (Å²) in [6.07, 6.45) is 0. The van der Waals surface area contributed by atoms with Gasteiger partial charge in [0.05, 0.1) is 22.4 Å². The summed E-state index contributed by atoms with van der Waals surface area (Å²) in [6, 6.07) is 87.1. The molecule has 296 valence electrons. The van der Waals surface area contributed by atoms with Crippen LogP contribution in [0.1, 0.15) is 0 Å². The van der Waals surface area contributed by atoms with Crippen LogP contribution in [-0.2, 0) is 0 Å². The van der Waals surface area contributed by atoms with E-state index in [9.17, 15) is 0 Å². The fourth-order valence-corrected chi connectivity index (χ4v) is 9.47. The highest BCUT2D eigenvalue weighted by Crippen LogP contribution is 2.48. The highest BCUT2D eigenvalue weighted by atomic mass is 16.3. The number of anilines is 3. The predicted octanol–water partition coefficient (Wildman–Crippen LogP) is 16.8. The Bertz CT molecular complexity index is 3550. The van der Waals surface area contributed by atoms with Gasteiger partial charge in [0.1, 0.15) is 11.2 Å². The largest absolute Gasteiger partial charge is 0.455 e. The number of fused-ring (bicyclic) bond motifs is 6. The quantitative estimate of drug-likeness (QED) is 0.153. The monoisotopic (exact) mass is 804 g/mol. The van der Waals surface area contributed by atoms with E-state index in [1.807, 2.05) is 0 Å². The predicted molar refractivity (Wildman–Crippen MR) is 264 cm³/mol. The maximum absolute atomic E-state index is 6.93. The average molecular weight is 805 g/mol. The molecule has 0 spiro atoms. The van der Waals surface area contributed by atoms with Crippen molar-refractivity contribution in [2.45, 2.75) is 0 Å². The molecule has 12 aromatic rings. The highest BCUT2D eigenvalue weighted by molar-refractivity contribution is 6.14. The summed E-state index contributed by atoms with van der Waals surface area (Å²) in [7, 11) is 0. The van der Waals surface area contributed by atoms with Crippen LogP contribution in [0.5, 0.6) is 0 Å². The number of nitrogens with zero attached hydrogens (tertiary/aromatic N) is 2. The molecular weight excluding hydrogens is 765 g/mol. The molecule has 0 N–H and O–H groups in total. The minimum Gasteiger partial charge on any atom is -0.455 e. The molecule has 0 aliphatic heterocycles. The van der Waals surface area contributed by atoms with E-state index in [2.05, 4.69) is 252 Å². The number of rotatable bonds is 8. The molecule has 0 unspecified atom stereocenters. The van der Waals surface area contributed by atoms with Crippen LogP contribution in [0, 0.1) is 0 Å². The van der Waals surface area contributed by atoms with Gasteiger partial charge in [0.25, 0.3) is 0 Å². The number of furan rings is 1. The Morgan fingerprint density at radius 2 is 0.841 bits per heavy atom. The third-order valence-corrected chi connectivity index (χ3v) is 12.4. The zero-order valence-corrected chi connectivity index (χ0v) is 34.4. The smallest absolute Gasteiger partial charge is 0.143 e. The summed E-state index contributed by atoms with van der Waals surface area (Å²) in [5, 5.41) is 4.58. The van der Waals surface area contributed by atoms with Crippen LogP contribution in [0.4, 0.5) is 17.1 Å². The van der Waals surface area contributed by atoms with E-state index in [-0.39, 0.29) is 0 Å². The minimum absolute atomic E-state index is 0.857. The topological polar surface area (TPSA) is 21.3 Å². The maximum atomic E-state index is 6.93. The molecule has 0 fully saturated rings. The molecule has 2 aromatic heterocycles. The van der Waals surface area contributed by atoms with Crippen LogP contribution in [0.3, 0.4) is 0 Å². The van der Waals surface area contributed by atoms with Crippen molar-refractivity contribution >= 4 is 60.8 Å². The molecule has 3 nitrogen and oxygen atoms in total. The van der Waals surface area contributed by atoms with Crippen LogP contribution < -0.4 is 4.90 Å². The van der Waals surface area contributed by atoms with Gasteiger partial charge in [-0.05, 0) is 88.5 Å². The Hall–Kier alpha value is -8.40. The Kier molecular flexibility index (Phi) is 8.83. The van der Waals surface area contributed by atoms with Crippen molar-refractivity contribution in [2.75, 3.05) is 4.90 Å². The minimum atomic E-state index is 0.857. The van der Waals surface area contributed by atoms with E-state index in [0.717, 1.165) is 83.5 Å². The second-order valence-corrected chi connectivity index (χ2v) is 16.1. The second-order valence-electron chi connectivity index (χ2n) is 16.1. The third kappa shape index (κ3) is 6.29. The lowest BCUT2D eigenvalue weighted by molar-refractivity contribution is 0.670. The molecule has 0 aliphatic rings. The van der Waals surface area contributed by atoms with Gasteiger partial charge in [-0.3, -0.25) is 0 Å². The first-order valence-electron chi connectivity index (χ1n) is 21.5. The zero-order valence-electron chi connectivity index (χ0n) is 34.4. The van der Waals surface area contributed by atoms with E-state index in [0.29, 0.717) is 0 Å². The lowest BCUT2D eigenvalue weighted by Crippen LogP contribution is -2.12. The van der Waals surface area contributed by atoms with Crippen LogP contribution >= 0.6 is 0 Å². The van der Waals surface area contributed by atoms with E-state index in [4.69, 9.17) is 4.42 Å². The fourth-order valence-electron chi connectivity index (χ4n) is 9.47. The number of benzene rings is 10. The Morgan fingerprint density at radius 3 is 1.52 bits per heavy atom. The van der Waals surface area contributed by atoms with Gasteiger partial charge in [-0.15, -0.1) is 0 Å². The van der Waals surface area contributed by atoms with Crippen LogP contribution in [0.25, 0.3) is 93.9 Å². The van der Waals surface area contributed by atoms with Gasteiger partial charge >= 0.3 is 0 Å². The summed E-state index contributed by atoms with van der Waals surface area (Å²) < 4.78 is 9.34. The summed E-state index contributed by atoms with van der Waals surface area (Å²) >= 11 is 0. The summed E-state index contributed by atoms with van der Waals surface area (Å²) in [4.78, 5) is 2.43. The molecule has 0 amide bonds. The van der Waals surface area contributed by atoms with Gasteiger partial charge in [0, 0.05) is 49.6 Å². The van der Waals surface area contributed by atoms with E-state index >= 15 is 0 Å². The van der Waals surface area contributed by atoms with Crippen molar-refractivity contribution in [1.82, 2.24) is 4.57 Å². The summed E-state index contributed by atoms with van der Waals surface area (Å²) in [5.74, 6) is 0. The van der Waals surface area contributed by atoms with E-state index < -0.39 is 0 Å². The molecule has 3 heteroatoms. The number of hydrogen-bond donors (Lipinski definition) is 0. The first kappa shape index (κ1) is 36.5. The number of para-hydroxylation sites is 4. The average Bonchev–Trinajstić information content (AvgIpc) is 3.91. The molecule has 2 heterocycles. The van der Waals surface area contributed by atoms with Gasteiger partial charge < -0.3 is 13.9 Å². The molecule has 10 aromatic carbocycles. The first-order chi connectivity index (χ1) is 31.3. The van der Waals surface area contributed by atoms with Crippen molar-refractivity contribution in [3.63, 3.8) is 0 Å². The summed E-state index contributed by atoms with van der Waals surface area (Å²) in [6.45, 7) is 0. The van der Waals surface area contributed by atoms with Crippen molar-refractivity contribution < 1.29 is 4.42 Å². The molecule has 0 saturated heterocycles. The molecule has 63 heavy (non-hydrogen) atoms. The van der Waals surface area contributed by atoms with Crippen LogP contribution in [0.2, 0.25) is 0 Å². The SMILES string of the molecule is c1ccc(-c2ccc(N(c3cc(-c4ccccc4-n4c5ccccc5c5ccccc54)c4oc5ccccc5c4c3)c3ccc(-c4ccccc4)cc3-c3ccccc3)cc2)cc1.